The van der Waals surface area contributed by atoms with Crippen LogP contribution in [0.2, 0.25) is 0 Å². The average Bonchev–Trinajstić information content (AvgIpc) is 3.50. The molecule has 3 aromatic carbocycles. The quantitative estimate of drug-likeness (QED) is 0.309. The lowest BCUT2D eigenvalue weighted by Gasteiger charge is -2.11. The van der Waals surface area contributed by atoms with Gasteiger partial charge in [0, 0.05) is 10.4 Å². The van der Waals surface area contributed by atoms with Crippen LogP contribution in [0, 0.1) is 22.7 Å². The highest BCUT2D eigenvalue weighted by Gasteiger charge is 2.15. The first kappa shape index (κ1) is 19.5. The van der Waals surface area contributed by atoms with Crippen LogP contribution in [0.1, 0.15) is 5.56 Å². The van der Waals surface area contributed by atoms with Gasteiger partial charge in [-0.25, -0.2) is 0 Å². The second-order valence-electron chi connectivity index (χ2n) is 6.47. The number of fused-ring (bicyclic) bond motifs is 2. The molecule has 3 aromatic rings. The SMILES string of the molecule is N#CC(C#N)=Cc1ccc2c(=C3SC=CS3)c3ccccc3c(=C3SC=CS3)c2c1. The number of nitriles is 2. The van der Waals surface area contributed by atoms with Crippen LogP contribution in [0.4, 0.5) is 0 Å². The zero-order valence-electron chi connectivity index (χ0n) is 15.5. The summed E-state index contributed by atoms with van der Waals surface area (Å²) in [5.74, 6) is 0. The molecule has 2 aliphatic heterocycles. The highest BCUT2D eigenvalue weighted by Crippen LogP contribution is 2.41. The Balaban J connectivity index is 2.01. The minimum Gasteiger partial charge on any atom is -0.192 e. The molecule has 0 fully saturated rings. The summed E-state index contributed by atoms with van der Waals surface area (Å²) in [6.07, 6.45) is 1.66. The molecule has 0 saturated carbocycles. The number of rotatable bonds is 1. The van der Waals surface area contributed by atoms with E-state index in [1.807, 2.05) is 18.2 Å². The second-order valence-corrected chi connectivity index (χ2v) is 10.7. The number of hydrogen-bond donors (Lipinski definition) is 0. The summed E-state index contributed by atoms with van der Waals surface area (Å²) < 4.78 is 2.52. The Labute approximate surface area is 190 Å². The Kier molecular flexibility index (Phi) is 5.41. The molecule has 2 aliphatic rings. The van der Waals surface area contributed by atoms with Gasteiger partial charge >= 0.3 is 0 Å². The summed E-state index contributed by atoms with van der Waals surface area (Å²) in [7, 11) is 0. The molecule has 142 valence electrons. The van der Waals surface area contributed by atoms with Gasteiger partial charge in [0.1, 0.15) is 17.7 Å². The molecule has 0 aliphatic carbocycles. The minimum atomic E-state index is 0.108. The van der Waals surface area contributed by atoms with E-state index in [0.29, 0.717) is 0 Å². The molecule has 2 nitrogen and oxygen atoms in total. The molecular formula is C24H12N2S4. The minimum absolute atomic E-state index is 0.108. The Morgan fingerprint density at radius 3 is 1.70 bits per heavy atom. The molecule has 0 spiro atoms. The number of benzene rings is 3. The van der Waals surface area contributed by atoms with Crippen molar-refractivity contribution in [3.63, 3.8) is 0 Å². The first-order valence-electron chi connectivity index (χ1n) is 9.02. The molecule has 0 saturated heterocycles. The topological polar surface area (TPSA) is 47.6 Å². The number of allylic oxidation sites excluding steroid dienone is 1. The van der Waals surface area contributed by atoms with E-state index in [1.165, 1.54) is 35.1 Å². The lowest BCUT2D eigenvalue weighted by atomic mass is 9.97. The fourth-order valence-electron chi connectivity index (χ4n) is 3.63. The first-order valence-corrected chi connectivity index (χ1v) is 12.5. The maximum absolute atomic E-state index is 9.18. The zero-order valence-corrected chi connectivity index (χ0v) is 18.7. The van der Waals surface area contributed by atoms with Crippen molar-refractivity contribution in [2.45, 2.75) is 0 Å². The van der Waals surface area contributed by atoms with Crippen molar-refractivity contribution in [3.8, 4) is 12.1 Å². The monoisotopic (exact) mass is 456 g/mol. The molecule has 0 unspecified atom stereocenters. The zero-order chi connectivity index (χ0) is 20.5. The molecule has 0 bridgehead atoms. The van der Waals surface area contributed by atoms with Crippen LogP contribution < -0.4 is 10.4 Å². The second kappa shape index (κ2) is 8.34. The van der Waals surface area contributed by atoms with Crippen LogP contribution in [-0.2, 0) is 0 Å². The molecule has 0 radical (unpaired) electrons. The van der Waals surface area contributed by atoms with Gasteiger partial charge in [0.05, 0.1) is 8.47 Å². The maximum Gasteiger partial charge on any atom is 0.130 e. The lowest BCUT2D eigenvalue weighted by Crippen LogP contribution is -2.17. The van der Waals surface area contributed by atoms with Gasteiger partial charge in [-0.2, -0.15) is 10.5 Å². The summed E-state index contributed by atoms with van der Waals surface area (Å²) in [5, 5.41) is 34.1. The normalized spacial score (nSPS) is 15.0. The molecule has 0 atom stereocenters. The number of thioether (sulfide) groups is 4. The molecule has 0 aromatic heterocycles. The molecule has 2 heterocycles. The van der Waals surface area contributed by atoms with Crippen molar-refractivity contribution >= 4 is 83.1 Å². The van der Waals surface area contributed by atoms with E-state index >= 15 is 0 Å². The van der Waals surface area contributed by atoms with Crippen molar-refractivity contribution in [3.05, 3.63) is 85.7 Å². The fraction of sp³-hybridized carbons (Fsp3) is 0. The Morgan fingerprint density at radius 2 is 1.17 bits per heavy atom. The van der Waals surface area contributed by atoms with Crippen molar-refractivity contribution in [1.29, 1.82) is 10.5 Å². The van der Waals surface area contributed by atoms with Crippen molar-refractivity contribution in [2.24, 2.45) is 0 Å². The third kappa shape index (κ3) is 3.37. The van der Waals surface area contributed by atoms with Gasteiger partial charge < -0.3 is 0 Å². The standard InChI is InChI=1S/C24H12N2S4/c25-13-16(14-26)11-15-5-6-19-20(12-15)22(24-29-9-10-30-24)18-4-2-1-3-17(18)21(19)23-27-7-8-28-23/h1-12H. The first-order chi connectivity index (χ1) is 14.8. The Morgan fingerprint density at radius 1 is 0.667 bits per heavy atom. The smallest absolute Gasteiger partial charge is 0.130 e. The Bertz CT molecular complexity index is 1480. The molecule has 0 N–H and O–H groups in total. The van der Waals surface area contributed by atoms with E-state index in [2.05, 4.69) is 58.0 Å². The highest BCUT2D eigenvalue weighted by molar-refractivity contribution is 8.35. The molecule has 5 rings (SSSR count). The van der Waals surface area contributed by atoms with E-state index < -0.39 is 0 Å². The van der Waals surface area contributed by atoms with Crippen molar-refractivity contribution < 1.29 is 0 Å². The van der Waals surface area contributed by atoms with Crippen LogP contribution in [-0.4, -0.2) is 0 Å². The Hall–Kier alpha value is -2.48. The molecule has 30 heavy (non-hydrogen) atoms. The van der Waals surface area contributed by atoms with Crippen LogP contribution >= 0.6 is 47.0 Å². The van der Waals surface area contributed by atoms with E-state index in [-0.39, 0.29) is 5.57 Å². The summed E-state index contributed by atoms with van der Waals surface area (Å²) in [4.78, 5) is 0. The van der Waals surface area contributed by atoms with Crippen molar-refractivity contribution in [1.82, 2.24) is 0 Å². The fourth-order valence-corrected chi connectivity index (χ4v) is 7.48. The molecular weight excluding hydrogens is 445 g/mol. The maximum atomic E-state index is 9.18. The van der Waals surface area contributed by atoms with Gasteiger partial charge in [0.15, 0.2) is 0 Å². The van der Waals surface area contributed by atoms with E-state index in [9.17, 15) is 10.5 Å². The largest absolute Gasteiger partial charge is 0.192 e. The van der Waals surface area contributed by atoms with Gasteiger partial charge in [-0.05, 0) is 60.9 Å². The predicted molar refractivity (Wildman–Crippen MR) is 135 cm³/mol. The van der Waals surface area contributed by atoms with Crippen LogP contribution in [0.15, 0.2) is 69.7 Å². The summed E-state index contributed by atoms with van der Waals surface area (Å²) in [6.45, 7) is 0. The van der Waals surface area contributed by atoms with E-state index in [0.717, 1.165) is 10.9 Å². The van der Waals surface area contributed by atoms with Crippen LogP contribution in [0.3, 0.4) is 0 Å². The average molecular weight is 457 g/mol. The number of hydrogen-bond acceptors (Lipinski definition) is 6. The van der Waals surface area contributed by atoms with Gasteiger partial charge in [-0.15, -0.1) is 0 Å². The van der Waals surface area contributed by atoms with Crippen LogP contribution in [0.25, 0.3) is 36.1 Å². The van der Waals surface area contributed by atoms with Gasteiger partial charge in [0.2, 0.25) is 0 Å². The predicted octanol–water partition coefficient (Wildman–Crippen LogP) is 6.46. The summed E-state index contributed by atoms with van der Waals surface area (Å²) in [6, 6.07) is 18.7. The summed E-state index contributed by atoms with van der Waals surface area (Å²) >= 11 is 7.00. The van der Waals surface area contributed by atoms with E-state index in [4.69, 9.17) is 0 Å². The van der Waals surface area contributed by atoms with Crippen LogP contribution in [0.5, 0.6) is 0 Å². The summed E-state index contributed by atoms with van der Waals surface area (Å²) in [5.41, 5.74) is 0.968. The van der Waals surface area contributed by atoms with Crippen molar-refractivity contribution in [2.75, 3.05) is 0 Å². The third-order valence-electron chi connectivity index (χ3n) is 4.82. The number of nitrogens with zero attached hydrogens (tertiary/aromatic N) is 2. The van der Waals surface area contributed by atoms with E-state index in [1.54, 1.807) is 53.1 Å². The highest BCUT2D eigenvalue weighted by atomic mass is 32.2. The van der Waals surface area contributed by atoms with Gasteiger partial charge in [-0.1, -0.05) is 83.4 Å². The third-order valence-corrected chi connectivity index (χ3v) is 9.08. The van der Waals surface area contributed by atoms with Gasteiger partial charge in [0.25, 0.3) is 0 Å². The van der Waals surface area contributed by atoms with Gasteiger partial charge in [-0.3, -0.25) is 0 Å². The molecule has 6 heteroatoms. The molecule has 0 amide bonds. The lowest BCUT2D eigenvalue weighted by molar-refractivity contribution is 1.47.